The highest BCUT2D eigenvalue weighted by molar-refractivity contribution is 8.00. The van der Waals surface area contributed by atoms with E-state index in [1.807, 2.05) is 0 Å². The van der Waals surface area contributed by atoms with Crippen LogP contribution in [0.15, 0.2) is 28.2 Å². The van der Waals surface area contributed by atoms with E-state index < -0.39 is 47.7 Å². The van der Waals surface area contributed by atoms with Gasteiger partial charge in [-0.2, -0.15) is 0 Å². The minimum absolute atomic E-state index is 0.289. The fourth-order valence-electron chi connectivity index (χ4n) is 2.86. The molecule has 0 amide bonds. The highest BCUT2D eigenvalue weighted by Gasteiger charge is 2.50. The zero-order valence-corrected chi connectivity index (χ0v) is 19.0. The zero-order valence-electron chi connectivity index (χ0n) is 16.7. The molecule has 1 fully saturated rings. The number of halogens is 2. The van der Waals surface area contributed by atoms with E-state index in [-0.39, 0.29) is 6.61 Å². The van der Waals surface area contributed by atoms with E-state index in [1.54, 1.807) is 12.1 Å². The number of carbonyl (C=O) groups is 3. The van der Waals surface area contributed by atoms with Crippen molar-refractivity contribution in [2.24, 2.45) is 5.11 Å². The van der Waals surface area contributed by atoms with E-state index in [0.717, 1.165) is 18.7 Å². The Bertz CT molecular complexity index is 897. The molecule has 1 aliphatic heterocycles. The standard InChI is InChI=1S/C18H19Cl2N3O7S/c1-8(24)27-7-13-16(28-9(2)25)15(22-23-21)17(29-10(3)26)18(30-13)31-14-5-4-11(19)6-12(14)20/h4-6,13,15-18H,7H2,1-3H3/t13?,15-,16-,17?,18+/m0/s1. The molecule has 1 aromatic carbocycles. The van der Waals surface area contributed by atoms with Crippen LogP contribution >= 0.6 is 35.0 Å². The first kappa shape index (κ1) is 25.1. The van der Waals surface area contributed by atoms with Gasteiger partial charge in [0, 0.05) is 35.6 Å². The van der Waals surface area contributed by atoms with Gasteiger partial charge in [-0.1, -0.05) is 40.1 Å². The number of hydrogen-bond acceptors (Lipinski definition) is 9. The summed E-state index contributed by atoms with van der Waals surface area (Å²) in [7, 11) is 0. The number of ether oxygens (including phenoxy) is 4. The Morgan fingerprint density at radius 1 is 1.13 bits per heavy atom. The van der Waals surface area contributed by atoms with Crippen LogP contribution in [0.4, 0.5) is 0 Å². The summed E-state index contributed by atoms with van der Waals surface area (Å²) in [5, 5.41) is 4.44. The van der Waals surface area contributed by atoms with Gasteiger partial charge in [0.15, 0.2) is 0 Å². The van der Waals surface area contributed by atoms with Crippen LogP contribution in [0, 0.1) is 0 Å². The van der Waals surface area contributed by atoms with E-state index in [2.05, 4.69) is 10.0 Å². The first-order valence-electron chi connectivity index (χ1n) is 8.91. The lowest BCUT2D eigenvalue weighted by Crippen LogP contribution is -2.59. The van der Waals surface area contributed by atoms with Crippen molar-refractivity contribution in [2.75, 3.05) is 6.61 Å². The average Bonchev–Trinajstić information content (AvgIpc) is 2.66. The summed E-state index contributed by atoms with van der Waals surface area (Å²) in [5.41, 5.74) is 8.15. The topological polar surface area (TPSA) is 137 Å². The Kier molecular flexibility index (Phi) is 9.27. The molecular weight excluding hydrogens is 473 g/mol. The highest BCUT2D eigenvalue weighted by atomic mass is 35.5. The van der Waals surface area contributed by atoms with Gasteiger partial charge < -0.3 is 18.9 Å². The van der Waals surface area contributed by atoms with Gasteiger partial charge >= 0.3 is 17.9 Å². The van der Waals surface area contributed by atoms with Crippen LogP contribution in [0.1, 0.15) is 20.8 Å². The van der Waals surface area contributed by atoms with Crippen molar-refractivity contribution in [1.82, 2.24) is 0 Å². The Balaban J connectivity index is 2.46. The van der Waals surface area contributed by atoms with Crippen LogP contribution in [-0.4, -0.2) is 54.3 Å². The molecule has 0 N–H and O–H groups in total. The fraction of sp³-hybridized carbons (Fsp3) is 0.500. The quantitative estimate of drug-likeness (QED) is 0.184. The molecule has 0 radical (unpaired) electrons. The van der Waals surface area contributed by atoms with Crippen LogP contribution in [-0.2, 0) is 33.3 Å². The van der Waals surface area contributed by atoms with E-state index in [4.69, 9.17) is 47.7 Å². The van der Waals surface area contributed by atoms with E-state index in [1.165, 1.54) is 19.9 Å². The van der Waals surface area contributed by atoms with Gasteiger partial charge in [0.05, 0.1) is 5.02 Å². The van der Waals surface area contributed by atoms with Crippen LogP contribution in [0.5, 0.6) is 0 Å². The van der Waals surface area contributed by atoms with Gasteiger partial charge in [0.2, 0.25) is 0 Å². The zero-order chi connectivity index (χ0) is 23.1. The average molecular weight is 492 g/mol. The number of thioether (sulfide) groups is 1. The minimum atomic E-state index is -1.17. The number of benzene rings is 1. The summed E-state index contributed by atoms with van der Waals surface area (Å²) in [5.74, 6) is -1.94. The monoisotopic (exact) mass is 491 g/mol. The summed E-state index contributed by atoms with van der Waals surface area (Å²) in [6.45, 7) is 3.25. The van der Waals surface area contributed by atoms with Crippen LogP contribution < -0.4 is 0 Å². The third-order valence-electron chi connectivity index (χ3n) is 3.99. The second-order valence-corrected chi connectivity index (χ2v) is 8.37. The third-order valence-corrected chi connectivity index (χ3v) is 5.88. The molecular formula is C18H19Cl2N3O7S. The van der Waals surface area contributed by atoms with Gasteiger partial charge in [0.1, 0.15) is 36.4 Å². The Hall–Kier alpha value is -2.17. The molecule has 5 atom stereocenters. The maximum Gasteiger partial charge on any atom is 0.303 e. The molecule has 0 aromatic heterocycles. The minimum Gasteiger partial charge on any atom is -0.463 e. The number of rotatable bonds is 7. The predicted molar refractivity (Wildman–Crippen MR) is 112 cm³/mol. The maximum absolute atomic E-state index is 11.8. The molecule has 2 unspecified atom stereocenters. The molecule has 0 bridgehead atoms. The molecule has 2 rings (SSSR count). The molecule has 0 saturated carbocycles. The first-order valence-corrected chi connectivity index (χ1v) is 10.5. The Morgan fingerprint density at radius 2 is 1.77 bits per heavy atom. The van der Waals surface area contributed by atoms with Crippen molar-refractivity contribution in [3.8, 4) is 0 Å². The summed E-state index contributed by atoms with van der Waals surface area (Å²) in [6, 6.07) is 3.63. The molecule has 1 saturated heterocycles. The lowest BCUT2D eigenvalue weighted by atomic mass is 9.97. The van der Waals surface area contributed by atoms with Gasteiger partial charge in [-0.05, 0) is 23.7 Å². The van der Waals surface area contributed by atoms with Gasteiger partial charge in [-0.3, -0.25) is 14.4 Å². The summed E-state index contributed by atoms with van der Waals surface area (Å²) >= 11 is 13.3. The van der Waals surface area contributed by atoms with Crippen molar-refractivity contribution >= 4 is 52.9 Å². The van der Waals surface area contributed by atoms with Gasteiger partial charge in [0.25, 0.3) is 0 Å². The lowest BCUT2D eigenvalue weighted by Gasteiger charge is -2.43. The van der Waals surface area contributed by atoms with Gasteiger partial charge in [-0.25, -0.2) is 0 Å². The maximum atomic E-state index is 11.8. The van der Waals surface area contributed by atoms with Crippen LogP contribution in [0.3, 0.4) is 0 Å². The molecule has 10 nitrogen and oxygen atoms in total. The van der Waals surface area contributed by atoms with Crippen LogP contribution in [0.2, 0.25) is 10.0 Å². The Labute approximate surface area is 192 Å². The predicted octanol–water partition coefficient (Wildman–Crippen LogP) is 3.92. The molecule has 1 aliphatic rings. The second kappa shape index (κ2) is 11.4. The van der Waals surface area contributed by atoms with E-state index in [0.29, 0.717) is 14.9 Å². The largest absolute Gasteiger partial charge is 0.463 e. The normalized spacial score (nSPS) is 25.1. The molecule has 168 valence electrons. The highest BCUT2D eigenvalue weighted by Crippen LogP contribution is 2.40. The SMILES string of the molecule is CC(=O)OCC1O[C@H](Sc2ccc(Cl)cc2Cl)C(OC(C)=O)[C@@H](N=[N+]=[N-])[C@H]1OC(C)=O. The second-order valence-electron chi connectivity index (χ2n) is 6.38. The number of esters is 3. The smallest absolute Gasteiger partial charge is 0.303 e. The molecule has 13 heteroatoms. The number of nitrogens with zero attached hydrogens (tertiary/aromatic N) is 3. The molecule has 31 heavy (non-hydrogen) atoms. The lowest BCUT2D eigenvalue weighted by molar-refractivity contribution is -0.201. The first-order chi connectivity index (χ1) is 14.6. The summed E-state index contributed by atoms with van der Waals surface area (Å²) < 4.78 is 21.7. The molecule has 0 aliphatic carbocycles. The summed E-state index contributed by atoms with van der Waals surface area (Å²) in [6.07, 6.45) is -3.31. The number of carbonyl (C=O) groups excluding carboxylic acids is 3. The van der Waals surface area contributed by atoms with Gasteiger partial charge in [-0.15, -0.1) is 0 Å². The third kappa shape index (κ3) is 7.19. The molecule has 1 aromatic rings. The van der Waals surface area contributed by atoms with Crippen LogP contribution in [0.25, 0.3) is 10.4 Å². The van der Waals surface area contributed by atoms with Crippen molar-refractivity contribution < 1.29 is 33.3 Å². The van der Waals surface area contributed by atoms with Crippen molar-refractivity contribution in [1.29, 1.82) is 0 Å². The molecule has 1 heterocycles. The number of hydrogen-bond donors (Lipinski definition) is 0. The molecule has 0 spiro atoms. The Morgan fingerprint density at radius 3 is 2.32 bits per heavy atom. The fourth-order valence-corrected chi connectivity index (χ4v) is 4.52. The summed E-state index contributed by atoms with van der Waals surface area (Å²) in [4.78, 5) is 38.1. The number of azide groups is 1. The van der Waals surface area contributed by atoms with Crippen molar-refractivity contribution in [2.45, 2.75) is 55.5 Å². The van der Waals surface area contributed by atoms with Crippen molar-refractivity contribution in [3.05, 3.63) is 38.7 Å². The van der Waals surface area contributed by atoms with E-state index in [9.17, 15) is 14.4 Å². The van der Waals surface area contributed by atoms with E-state index >= 15 is 0 Å². The van der Waals surface area contributed by atoms with Crippen molar-refractivity contribution in [3.63, 3.8) is 0 Å².